The van der Waals surface area contributed by atoms with Gasteiger partial charge in [0.25, 0.3) is 0 Å². The molecule has 0 saturated carbocycles. The molecule has 2 aromatic heterocycles. The van der Waals surface area contributed by atoms with Crippen molar-refractivity contribution in [1.29, 1.82) is 0 Å². The fourth-order valence-corrected chi connectivity index (χ4v) is 3.19. The van der Waals surface area contributed by atoms with Gasteiger partial charge in [0.05, 0.1) is 6.54 Å². The predicted octanol–water partition coefficient (Wildman–Crippen LogP) is 3.29. The summed E-state index contributed by atoms with van der Waals surface area (Å²) in [5, 5.41) is 0. The van der Waals surface area contributed by atoms with Crippen LogP contribution in [-0.4, -0.2) is 37.9 Å². The van der Waals surface area contributed by atoms with Gasteiger partial charge in [0.15, 0.2) is 0 Å². The Bertz CT molecular complexity index is 819. The Morgan fingerprint density at radius 2 is 2.12 bits per heavy atom. The van der Waals surface area contributed by atoms with Gasteiger partial charge < -0.3 is 9.72 Å². The summed E-state index contributed by atoms with van der Waals surface area (Å²) in [5.74, 6) is 3.59. The molecule has 3 aromatic rings. The fraction of sp³-hybridized carbons (Fsp3) is 0.316. The zero-order valence-corrected chi connectivity index (χ0v) is 14.2. The first kappa shape index (κ1) is 15.8. The Morgan fingerprint density at radius 3 is 2.92 bits per heavy atom. The molecule has 6 nitrogen and oxygen atoms in total. The molecule has 0 aliphatic carbocycles. The van der Waals surface area contributed by atoms with Crippen LogP contribution in [-0.2, 0) is 6.54 Å². The molecule has 1 fully saturated rings. The molecular formula is C19H21N5O. The van der Waals surface area contributed by atoms with Gasteiger partial charge in [-0.3, -0.25) is 4.90 Å². The van der Waals surface area contributed by atoms with Crippen LogP contribution in [0.2, 0.25) is 0 Å². The van der Waals surface area contributed by atoms with Crippen molar-refractivity contribution in [1.82, 2.24) is 24.8 Å². The minimum atomic E-state index is 0.327. The number of aryl methyl sites for hydroxylation is 1. The number of para-hydroxylation sites is 1. The van der Waals surface area contributed by atoms with Gasteiger partial charge in [0.2, 0.25) is 5.88 Å². The third-order valence-corrected chi connectivity index (χ3v) is 4.38. The smallest absolute Gasteiger partial charge is 0.222 e. The van der Waals surface area contributed by atoms with Crippen molar-refractivity contribution < 1.29 is 4.74 Å². The molecule has 1 N–H and O–H groups in total. The number of nitrogens with one attached hydrogen (secondary N) is 1. The number of aromatic nitrogens is 4. The van der Waals surface area contributed by atoms with E-state index in [4.69, 9.17) is 4.74 Å². The second-order valence-corrected chi connectivity index (χ2v) is 6.38. The number of H-pyrrole nitrogens is 1. The summed E-state index contributed by atoms with van der Waals surface area (Å²) >= 11 is 0. The van der Waals surface area contributed by atoms with E-state index in [0.717, 1.165) is 49.1 Å². The Balaban J connectivity index is 1.47. The molecule has 1 atom stereocenters. The molecule has 0 spiro atoms. The number of benzene rings is 1. The second-order valence-electron chi connectivity index (χ2n) is 6.38. The van der Waals surface area contributed by atoms with Crippen molar-refractivity contribution in [3.8, 4) is 11.6 Å². The van der Waals surface area contributed by atoms with Crippen LogP contribution in [0.1, 0.15) is 29.7 Å². The highest BCUT2D eigenvalue weighted by Crippen LogP contribution is 2.28. The topological polar surface area (TPSA) is 66.9 Å². The number of hydrogen-bond acceptors (Lipinski definition) is 5. The van der Waals surface area contributed by atoms with E-state index in [2.05, 4.69) is 24.8 Å². The highest BCUT2D eigenvalue weighted by molar-refractivity contribution is 5.28. The molecule has 0 radical (unpaired) electrons. The number of aromatic amines is 1. The van der Waals surface area contributed by atoms with E-state index in [1.807, 2.05) is 49.5 Å². The van der Waals surface area contributed by atoms with E-state index in [0.29, 0.717) is 11.8 Å². The van der Waals surface area contributed by atoms with Crippen molar-refractivity contribution in [2.45, 2.75) is 25.8 Å². The van der Waals surface area contributed by atoms with E-state index in [1.54, 1.807) is 6.20 Å². The number of nitrogens with zero attached hydrogens (tertiary/aromatic N) is 4. The molecule has 6 heteroatoms. The highest BCUT2D eigenvalue weighted by atomic mass is 16.5. The van der Waals surface area contributed by atoms with Crippen LogP contribution in [0.15, 0.2) is 48.8 Å². The van der Waals surface area contributed by atoms with E-state index in [9.17, 15) is 0 Å². The Kier molecular flexibility index (Phi) is 4.43. The molecule has 3 heterocycles. The first-order chi connectivity index (χ1) is 12.3. The van der Waals surface area contributed by atoms with Crippen LogP contribution < -0.4 is 4.74 Å². The average Bonchev–Trinajstić information content (AvgIpc) is 3.28. The van der Waals surface area contributed by atoms with Gasteiger partial charge in [-0.05, 0) is 32.0 Å². The molecule has 1 unspecified atom stereocenters. The molecule has 128 valence electrons. The Labute approximate surface area is 146 Å². The molecule has 1 aliphatic rings. The molecule has 0 amide bonds. The van der Waals surface area contributed by atoms with Crippen LogP contribution >= 0.6 is 0 Å². The van der Waals surface area contributed by atoms with E-state index >= 15 is 0 Å². The summed E-state index contributed by atoms with van der Waals surface area (Å²) < 4.78 is 5.89. The van der Waals surface area contributed by atoms with Gasteiger partial charge in [-0.25, -0.2) is 9.97 Å². The van der Waals surface area contributed by atoms with Gasteiger partial charge in [0, 0.05) is 36.6 Å². The molecule has 1 saturated heterocycles. The molecule has 4 rings (SSSR count). The van der Waals surface area contributed by atoms with Gasteiger partial charge in [0.1, 0.15) is 17.4 Å². The van der Waals surface area contributed by atoms with E-state index in [1.165, 1.54) is 0 Å². The van der Waals surface area contributed by atoms with Crippen LogP contribution in [0.3, 0.4) is 0 Å². The highest BCUT2D eigenvalue weighted by Gasteiger charge is 2.27. The number of likely N-dealkylation sites (tertiary alicyclic amines) is 1. The summed E-state index contributed by atoms with van der Waals surface area (Å²) in [5.41, 5.74) is 0.931. The number of ether oxygens (including phenoxy) is 1. The van der Waals surface area contributed by atoms with E-state index < -0.39 is 0 Å². The molecular weight excluding hydrogens is 314 g/mol. The van der Waals surface area contributed by atoms with Crippen LogP contribution in [0.5, 0.6) is 11.6 Å². The van der Waals surface area contributed by atoms with Crippen molar-refractivity contribution in [2.24, 2.45) is 0 Å². The normalized spacial score (nSPS) is 17.7. The summed E-state index contributed by atoms with van der Waals surface area (Å²) in [4.78, 5) is 19.2. The maximum Gasteiger partial charge on any atom is 0.222 e. The lowest BCUT2D eigenvalue weighted by molar-refractivity contribution is 0.318. The Morgan fingerprint density at radius 1 is 1.24 bits per heavy atom. The van der Waals surface area contributed by atoms with Crippen molar-refractivity contribution in [3.63, 3.8) is 0 Å². The Hall–Kier alpha value is -2.73. The largest absolute Gasteiger partial charge is 0.439 e. The fourth-order valence-electron chi connectivity index (χ4n) is 3.19. The minimum Gasteiger partial charge on any atom is -0.439 e. The summed E-state index contributed by atoms with van der Waals surface area (Å²) in [7, 11) is 0. The minimum absolute atomic E-state index is 0.327. The SMILES string of the molecule is Cc1cc(Oc2ccccc2)nc(C2CCN(Cc3ncc[nH]3)C2)n1. The summed E-state index contributed by atoms with van der Waals surface area (Å²) in [6, 6.07) is 11.6. The molecule has 1 aliphatic heterocycles. The first-order valence-corrected chi connectivity index (χ1v) is 8.55. The van der Waals surface area contributed by atoms with E-state index in [-0.39, 0.29) is 0 Å². The molecule has 1 aromatic carbocycles. The van der Waals surface area contributed by atoms with Gasteiger partial charge in [-0.15, -0.1) is 0 Å². The molecule has 0 bridgehead atoms. The van der Waals surface area contributed by atoms with Crippen molar-refractivity contribution in [3.05, 3.63) is 66.1 Å². The van der Waals surface area contributed by atoms with Crippen LogP contribution in [0, 0.1) is 6.92 Å². The number of imidazole rings is 1. The standard InChI is InChI=1S/C19H21N5O/c1-14-11-18(25-16-5-3-2-4-6-16)23-19(22-14)15-7-10-24(12-15)13-17-20-8-9-21-17/h2-6,8-9,11,15H,7,10,12-13H2,1H3,(H,20,21). The third kappa shape index (κ3) is 3.85. The first-order valence-electron chi connectivity index (χ1n) is 8.55. The van der Waals surface area contributed by atoms with Gasteiger partial charge in [-0.2, -0.15) is 4.98 Å². The zero-order valence-electron chi connectivity index (χ0n) is 14.2. The predicted molar refractivity (Wildman–Crippen MR) is 94.5 cm³/mol. The lowest BCUT2D eigenvalue weighted by atomic mass is 10.1. The third-order valence-electron chi connectivity index (χ3n) is 4.38. The lowest BCUT2D eigenvalue weighted by Gasteiger charge is -2.14. The zero-order chi connectivity index (χ0) is 17.1. The average molecular weight is 335 g/mol. The monoisotopic (exact) mass is 335 g/mol. The van der Waals surface area contributed by atoms with Gasteiger partial charge in [-0.1, -0.05) is 18.2 Å². The second kappa shape index (κ2) is 7.03. The van der Waals surface area contributed by atoms with Crippen LogP contribution in [0.25, 0.3) is 0 Å². The summed E-state index contributed by atoms with van der Waals surface area (Å²) in [6.07, 6.45) is 4.70. The maximum atomic E-state index is 5.89. The number of rotatable bonds is 5. The summed E-state index contributed by atoms with van der Waals surface area (Å²) in [6.45, 7) is 4.79. The quantitative estimate of drug-likeness (QED) is 0.775. The number of hydrogen-bond donors (Lipinski definition) is 1. The lowest BCUT2D eigenvalue weighted by Crippen LogP contribution is -2.21. The van der Waals surface area contributed by atoms with Gasteiger partial charge >= 0.3 is 0 Å². The maximum absolute atomic E-state index is 5.89. The van der Waals surface area contributed by atoms with Crippen molar-refractivity contribution in [2.75, 3.05) is 13.1 Å². The molecule has 25 heavy (non-hydrogen) atoms. The van der Waals surface area contributed by atoms with Crippen molar-refractivity contribution >= 4 is 0 Å². The van der Waals surface area contributed by atoms with Crippen LogP contribution in [0.4, 0.5) is 0 Å².